The van der Waals surface area contributed by atoms with Crippen molar-refractivity contribution in [1.29, 1.82) is 0 Å². The van der Waals surface area contributed by atoms with Crippen molar-refractivity contribution in [2.45, 2.75) is 17.9 Å². The number of aromatic nitrogens is 1. The van der Waals surface area contributed by atoms with E-state index in [2.05, 4.69) is 10.3 Å². The van der Waals surface area contributed by atoms with Gasteiger partial charge in [0.2, 0.25) is 10.0 Å². The highest BCUT2D eigenvalue weighted by atomic mass is 35.5. The fourth-order valence-electron chi connectivity index (χ4n) is 2.71. The van der Waals surface area contributed by atoms with Gasteiger partial charge in [0.1, 0.15) is 10.7 Å². The van der Waals surface area contributed by atoms with Gasteiger partial charge in [-0.15, -0.1) is 0 Å². The molecule has 0 radical (unpaired) electrons. The Balaban J connectivity index is 1.73. The fraction of sp³-hybridized carbons (Fsp3) is 0.353. The van der Waals surface area contributed by atoms with Crippen LogP contribution in [-0.4, -0.2) is 44.0 Å². The molecule has 1 aliphatic rings. The Morgan fingerprint density at radius 1 is 1.19 bits per heavy atom. The molecule has 1 saturated heterocycles. The number of sulfonamides is 1. The molecular formula is C17H19Cl2N3O3S. The van der Waals surface area contributed by atoms with Crippen LogP contribution in [0.1, 0.15) is 18.5 Å². The van der Waals surface area contributed by atoms with E-state index >= 15 is 0 Å². The maximum Gasteiger partial charge on any atom is 0.244 e. The molecule has 0 unspecified atom stereocenters. The van der Waals surface area contributed by atoms with Gasteiger partial charge in [-0.2, -0.15) is 4.31 Å². The summed E-state index contributed by atoms with van der Waals surface area (Å²) in [6.45, 7) is 3.47. The second-order valence-electron chi connectivity index (χ2n) is 5.93. The van der Waals surface area contributed by atoms with Crippen molar-refractivity contribution in [1.82, 2.24) is 9.29 Å². The third kappa shape index (κ3) is 4.29. The van der Waals surface area contributed by atoms with E-state index in [-0.39, 0.29) is 10.9 Å². The predicted molar refractivity (Wildman–Crippen MR) is 102 cm³/mol. The van der Waals surface area contributed by atoms with Crippen molar-refractivity contribution in [3.63, 3.8) is 0 Å². The molecule has 0 bridgehead atoms. The fourth-order valence-corrected chi connectivity index (χ4v) is 4.63. The Hall–Kier alpha value is -1.38. The van der Waals surface area contributed by atoms with Crippen LogP contribution in [0.3, 0.4) is 0 Å². The normalized spacial score (nSPS) is 17.0. The van der Waals surface area contributed by atoms with Crippen molar-refractivity contribution in [2.24, 2.45) is 0 Å². The summed E-state index contributed by atoms with van der Waals surface area (Å²) in [5.74, 6) is 0.560. The average Bonchev–Trinajstić information content (AvgIpc) is 2.63. The molecule has 26 heavy (non-hydrogen) atoms. The number of hydrogen-bond donors (Lipinski definition) is 1. The summed E-state index contributed by atoms with van der Waals surface area (Å²) in [5, 5.41) is 4.34. The molecule has 2 aromatic rings. The van der Waals surface area contributed by atoms with E-state index in [1.165, 1.54) is 10.5 Å². The van der Waals surface area contributed by atoms with Gasteiger partial charge in [0, 0.05) is 29.3 Å². The molecule has 1 aliphatic heterocycles. The molecule has 0 saturated carbocycles. The minimum Gasteiger partial charge on any atom is -0.379 e. The number of hydrogen-bond acceptors (Lipinski definition) is 5. The predicted octanol–water partition coefficient (Wildman–Crippen LogP) is 3.58. The van der Waals surface area contributed by atoms with Crippen LogP contribution in [0.25, 0.3) is 0 Å². The van der Waals surface area contributed by atoms with Gasteiger partial charge in [0.05, 0.1) is 19.3 Å². The molecule has 0 amide bonds. The molecule has 1 aromatic carbocycles. The van der Waals surface area contributed by atoms with E-state index in [1.807, 2.05) is 13.0 Å². The Kier molecular flexibility index (Phi) is 6.04. The zero-order valence-electron chi connectivity index (χ0n) is 14.2. The average molecular weight is 416 g/mol. The minimum absolute atomic E-state index is 0.117. The summed E-state index contributed by atoms with van der Waals surface area (Å²) >= 11 is 12.1. The molecular weight excluding hydrogens is 397 g/mol. The number of ether oxygens (including phenoxy) is 1. The highest BCUT2D eigenvalue weighted by Crippen LogP contribution is 2.28. The van der Waals surface area contributed by atoms with Gasteiger partial charge < -0.3 is 10.1 Å². The summed E-state index contributed by atoms with van der Waals surface area (Å²) < 4.78 is 31.8. The largest absolute Gasteiger partial charge is 0.379 e. The first-order chi connectivity index (χ1) is 12.4. The highest BCUT2D eigenvalue weighted by Gasteiger charge is 2.26. The van der Waals surface area contributed by atoms with Crippen LogP contribution < -0.4 is 5.32 Å². The van der Waals surface area contributed by atoms with Gasteiger partial charge in [0.15, 0.2) is 0 Å². The van der Waals surface area contributed by atoms with Crippen molar-refractivity contribution in [3.8, 4) is 0 Å². The van der Waals surface area contributed by atoms with Crippen LogP contribution in [0.4, 0.5) is 5.82 Å². The highest BCUT2D eigenvalue weighted by molar-refractivity contribution is 7.89. The lowest BCUT2D eigenvalue weighted by Crippen LogP contribution is -2.40. The smallest absolute Gasteiger partial charge is 0.244 e. The van der Waals surface area contributed by atoms with E-state index in [9.17, 15) is 8.42 Å². The van der Waals surface area contributed by atoms with Gasteiger partial charge in [-0.25, -0.2) is 13.4 Å². The molecule has 9 heteroatoms. The molecule has 1 N–H and O–H groups in total. The van der Waals surface area contributed by atoms with Crippen LogP contribution in [0.5, 0.6) is 0 Å². The standard InChI is InChI=1S/C17H19Cl2N3O3S/c1-12(15-4-2-13(18)10-16(15)19)21-17-5-3-14(11-20-17)26(23,24)22-6-8-25-9-7-22/h2-5,10-12H,6-9H2,1H3,(H,20,21)/t12-/m0/s1. The van der Waals surface area contributed by atoms with Crippen LogP contribution in [0, 0.1) is 0 Å². The van der Waals surface area contributed by atoms with Crippen LogP contribution >= 0.6 is 23.2 Å². The Morgan fingerprint density at radius 2 is 1.92 bits per heavy atom. The molecule has 1 fully saturated rings. The van der Waals surface area contributed by atoms with Gasteiger partial charge in [-0.05, 0) is 36.8 Å². The number of pyridine rings is 1. The Bertz CT molecular complexity index is 869. The first kappa shape index (κ1) is 19.4. The monoisotopic (exact) mass is 415 g/mol. The molecule has 1 aromatic heterocycles. The lowest BCUT2D eigenvalue weighted by molar-refractivity contribution is 0.0730. The van der Waals surface area contributed by atoms with Crippen molar-refractivity contribution in [3.05, 3.63) is 52.1 Å². The molecule has 2 heterocycles. The van der Waals surface area contributed by atoms with Gasteiger partial charge >= 0.3 is 0 Å². The quantitative estimate of drug-likeness (QED) is 0.807. The van der Waals surface area contributed by atoms with E-state index in [0.717, 1.165) is 5.56 Å². The summed E-state index contributed by atoms with van der Waals surface area (Å²) in [4.78, 5) is 4.40. The molecule has 0 spiro atoms. The topological polar surface area (TPSA) is 71.5 Å². The molecule has 6 nitrogen and oxygen atoms in total. The number of nitrogens with zero attached hydrogens (tertiary/aromatic N) is 2. The number of anilines is 1. The summed E-state index contributed by atoms with van der Waals surface area (Å²) in [7, 11) is -3.54. The zero-order chi connectivity index (χ0) is 18.7. The second kappa shape index (κ2) is 8.10. The van der Waals surface area contributed by atoms with Gasteiger partial charge in [-0.1, -0.05) is 29.3 Å². The number of halogens is 2. The Morgan fingerprint density at radius 3 is 2.54 bits per heavy atom. The van der Waals surface area contributed by atoms with E-state index in [1.54, 1.807) is 24.3 Å². The number of benzene rings is 1. The lowest BCUT2D eigenvalue weighted by Gasteiger charge is -2.26. The van der Waals surface area contributed by atoms with E-state index < -0.39 is 10.0 Å². The lowest BCUT2D eigenvalue weighted by atomic mass is 10.1. The first-order valence-electron chi connectivity index (χ1n) is 8.13. The minimum atomic E-state index is -3.54. The first-order valence-corrected chi connectivity index (χ1v) is 10.3. The van der Waals surface area contributed by atoms with Crippen LogP contribution in [0.15, 0.2) is 41.4 Å². The van der Waals surface area contributed by atoms with Crippen molar-refractivity contribution < 1.29 is 13.2 Å². The van der Waals surface area contributed by atoms with Gasteiger partial charge in [-0.3, -0.25) is 0 Å². The Labute approximate surface area is 163 Å². The zero-order valence-corrected chi connectivity index (χ0v) is 16.5. The van der Waals surface area contributed by atoms with E-state index in [4.69, 9.17) is 27.9 Å². The van der Waals surface area contributed by atoms with Crippen molar-refractivity contribution >= 4 is 39.0 Å². The number of nitrogens with one attached hydrogen (secondary N) is 1. The molecule has 1 atom stereocenters. The van der Waals surface area contributed by atoms with Gasteiger partial charge in [0.25, 0.3) is 0 Å². The number of morpholine rings is 1. The SMILES string of the molecule is C[C@H](Nc1ccc(S(=O)(=O)N2CCOCC2)cn1)c1ccc(Cl)cc1Cl. The summed E-state index contributed by atoms with van der Waals surface area (Å²) in [5.41, 5.74) is 0.878. The van der Waals surface area contributed by atoms with Crippen LogP contribution in [0.2, 0.25) is 10.0 Å². The molecule has 0 aliphatic carbocycles. The third-order valence-electron chi connectivity index (χ3n) is 4.14. The van der Waals surface area contributed by atoms with Crippen LogP contribution in [-0.2, 0) is 14.8 Å². The number of rotatable bonds is 5. The van der Waals surface area contributed by atoms with Crippen molar-refractivity contribution in [2.75, 3.05) is 31.6 Å². The van der Waals surface area contributed by atoms with E-state index in [0.29, 0.717) is 42.2 Å². The maximum absolute atomic E-state index is 12.6. The third-order valence-corrected chi connectivity index (χ3v) is 6.58. The summed E-state index contributed by atoms with van der Waals surface area (Å²) in [6, 6.07) is 8.38. The molecule has 3 rings (SSSR count). The molecule has 140 valence electrons. The second-order valence-corrected chi connectivity index (χ2v) is 8.71. The summed E-state index contributed by atoms with van der Waals surface area (Å²) in [6.07, 6.45) is 1.36. The maximum atomic E-state index is 12.6.